The fourth-order valence-corrected chi connectivity index (χ4v) is 10.8. The average molecular weight is 1460 g/mol. The Bertz CT molecular complexity index is 2260. The van der Waals surface area contributed by atoms with E-state index in [0.717, 1.165) is 0 Å². The number of hydrogen-bond donors (Lipinski definition) is 15. The Morgan fingerprint density at radius 1 is 0.378 bits per heavy atom. The van der Waals surface area contributed by atoms with Crippen molar-refractivity contribution in [1.82, 2.24) is 10.6 Å². The van der Waals surface area contributed by atoms with Gasteiger partial charge in [-0.15, -0.1) is 0 Å². The molecule has 3 aliphatic heterocycles. The zero-order chi connectivity index (χ0) is 72.7. The van der Waals surface area contributed by atoms with Crippen LogP contribution in [0.1, 0.15) is 135 Å². The van der Waals surface area contributed by atoms with E-state index in [-0.39, 0.29) is 166 Å². The predicted octanol–water partition coefficient (Wildman–Crippen LogP) is -2.29. The van der Waals surface area contributed by atoms with Gasteiger partial charge in [0.2, 0.25) is 11.8 Å². The molecule has 0 aromatic heterocycles. The molecular formula is C60H108N2O34P2. The lowest BCUT2D eigenvalue weighted by molar-refractivity contribution is -0.302. The van der Waals surface area contributed by atoms with Crippen molar-refractivity contribution in [2.24, 2.45) is 5.41 Å². The SMILES string of the molecule is COCC1OC(OCCCCC(=O)CCCCCC(=O)CCOCC(C)(COCCC(=O)CCCCCC(=O)COCCOC2OC(COP(=O)(O)O)C(O)C(O)C2O)COCCC(=O)NCCCNC(=O)CCCCOC2OC(COP(=O)(O)O)C(O)C(O)C2O)C(O)C(O)C1O. The summed E-state index contributed by atoms with van der Waals surface area (Å²) in [5.74, 6) is -0.770. The molecule has 3 fully saturated rings. The number of hydrogen-bond acceptors (Lipinski definition) is 30. The number of carbonyl (C=O) groups is 6. The van der Waals surface area contributed by atoms with Crippen molar-refractivity contribution in [2.45, 2.75) is 227 Å². The molecule has 16 atom stereocenters. The number of Topliss-reactive ketones (excluding diaryl/α,β-unsaturated/α-hetero) is 4. The van der Waals surface area contributed by atoms with Gasteiger partial charge in [0.05, 0.1) is 72.7 Å². The second-order valence-electron chi connectivity index (χ2n) is 24.7. The van der Waals surface area contributed by atoms with E-state index in [9.17, 15) is 83.9 Å². The van der Waals surface area contributed by atoms with Crippen LogP contribution in [0.25, 0.3) is 0 Å². The molecule has 3 rings (SSSR count). The Morgan fingerprint density at radius 2 is 0.724 bits per heavy atom. The van der Waals surface area contributed by atoms with Crippen molar-refractivity contribution >= 4 is 50.6 Å². The molecule has 36 nitrogen and oxygen atoms in total. The second-order valence-corrected chi connectivity index (χ2v) is 27.2. The van der Waals surface area contributed by atoms with Crippen molar-refractivity contribution in [3.63, 3.8) is 0 Å². The fourth-order valence-electron chi connectivity index (χ4n) is 10.1. The molecule has 16 unspecified atom stereocenters. The third-order valence-corrected chi connectivity index (χ3v) is 16.8. The first-order valence-corrected chi connectivity index (χ1v) is 36.2. The van der Waals surface area contributed by atoms with Gasteiger partial charge in [-0.25, -0.2) is 9.13 Å². The van der Waals surface area contributed by atoms with Gasteiger partial charge < -0.3 is 128 Å². The van der Waals surface area contributed by atoms with Crippen molar-refractivity contribution < 1.29 is 165 Å². The van der Waals surface area contributed by atoms with E-state index in [0.29, 0.717) is 89.9 Å². The number of ether oxygens (including phenoxy) is 11. The van der Waals surface area contributed by atoms with E-state index in [1.165, 1.54) is 7.11 Å². The van der Waals surface area contributed by atoms with Crippen LogP contribution in [-0.2, 0) is 99.1 Å². The number of rotatable bonds is 57. The number of aliphatic hydroxyl groups is 9. The minimum atomic E-state index is -4.92. The molecule has 2 amide bonds. The van der Waals surface area contributed by atoms with Gasteiger partial charge in [-0.1, -0.05) is 19.8 Å². The molecule has 0 saturated carbocycles. The van der Waals surface area contributed by atoms with Gasteiger partial charge in [0.1, 0.15) is 97.2 Å². The van der Waals surface area contributed by atoms with E-state index in [1.54, 1.807) is 0 Å². The van der Waals surface area contributed by atoms with Crippen LogP contribution in [-0.4, -0.2) is 305 Å². The molecule has 572 valence electrons. The van der Waals surface area contributed by atoms with Gasteiger partial charge in [-0.05, 0) is 57.8 Å². The third kappa shape index (κ3) is 38.0. The quantitative estimate of drug-likeness (QED) is 0.0225. The Kier molecular flexibility index (Phi) is 44.5. The predicted molar refractivity (Wildman–Crippen MR) is 336 cm³/mol. The first-order valence-electron chi connectivity index (χ1n) is 33.2. The highest BCUT2D eigenvalue weighted by molar-refractivity contribution is 7.46. The summed E-state index contributed by atoms with van der Waals surface area (Å²) in [4.78, 5) is 111. The van der Waals surface area contributed by atoms with Crippen LogP contribution in [0.4, 0.5) is 0 Å². The number of aliphatic hydroxyl groups excluding tert-OH is 9. The number of nitrogens with one attached hydrogen (secondary N) is 2. The van der Waals surface area contributed by atoms with E-state index in [4.69, 9.17) is 71.7 Å². The van der Waals surface area contributed by atoms with Crippen molar-refractivity contribution in [3.8, 4) is 0 Å². The van der Waals surface area contributed by atoms with Gasteiger partial charge in [0.15, 0.2) is 24.7 Å². The van der Waals surface area contributed by atoms with Crippen molar-refractivity contribution in [2.75, 3.05) is 113 Å². The maximum atomic E-state index is 12.8. The van der Waals surface area contributed by atoms with Crippen LogP contribution in [0.5, 0.6) is 0 Å². The molecule has 0 bridgehead atoms. The minimum Gasteiger partial charge on any atom is -0.387 e. The lowest BCUT2D eigenvalue weighted by atomic mass is 9.94. The summed E-state index contributed by atoms with van der Waals surface area (Å²) < 4.78 is 91.4. The highest BCUT2D eigenvalue weighted by atomic mass is 31.2. The maximum Gasteiger partial charge on any atom is 0.469 e. The molecule has 0 spiro atoms. The molecule has 98 heavy (non-hydrogen) atoms. The number of ketones is 4. The number of carbonyl (C=O) groups excluding carboxylic acids is 6. The molecule has 3 heterocycles. The van der Waals surface area contributed by atoms with Crippen molar-refractivity contribution in [3.05, 3.63) is 0 Å². The standard InChI is InChI=1S/C60H108N2O34P2/c1-60(36-86-27-20-40(64)15-6-3-5-14-39(63)17-9-11-25-89-57-54(75)51(72)48(69)43(94-57)33-84-2,37-87-28-21-41(65)16-7-4-8-18-42(66)32-85-30-31-91-59-56(77)53(74)50(71)45(96-59)35-93-98(81,82)83)38-88-29-22-47(68)62-24-13-23-61-46(67)19-10-12-26-90-58-55(76)52(73)49(70)44(95-58)34-92-97(78,79)80/h43-45,48-59,69-77H,3-38H2,1-2H3,(H,61,67)(H,62,68)(H2,78,79,80)(H2,81,82,83). The summed E-state index contributed by atoms with van der Waals surface area (Å²) >= 11 is 0. The molecule has 15 N–H and O–H groups in total. The molecule has 0 aromatic carbocycles. The summed E-state index contributed by atoms with van der Waals surface area (Å²) in [6.07, 6.45) is -14.9. The monoisotopic (exact) mass is 1460 g/mol. The summed E-state index contributed by atoms with van der Waals surface area (Å²) in [6.45, 7) is 0.904. The Balaban J connectivity index is 1.32. The smallest absolute Gasteiger partial charge is 0.387 e. The van der Waals surface area contributed by atoms with Gasteiger partial charge >= 0.3 is 15.6 Å². The minimum absolute atomic E-state index is 0.00393. The van der Waals surface area contributed by atoms with Crippen LogP contribution >= 0.6 is 15.6 Å². The Morgan fingerprint density at radius 3 is 1.13 bits per heavy atom. The van der Waals surface area contributed by atoms with Crippen LogP contribution in [0.3, 0.4) is 0 Å². The summed E-state index contributed by atoms with van der Waals surface area (Å²) in [6, 6.07) is 0. The van der Waals surface area contributed by atoms with Crippen LogP contribution in [0, 0.1) is 5.41 Å². The summed E-state index contributed by atoms with van der Waals surface area (Å²) in [5, 5.41) is 96.7. The van der Waals surface area contributed by atoms with E-state index < -0.39 is 126 Å². The topological polar surface area (TPSA) is 544 Å². The van der Waals surface area contributed by atoms with Gasteiger partial charge in [-0.2, -0.15) is 0 Å². The lowest BCUT2D eigenvalue weighted by Crippen LogP contribution is -2.59. The van der Waals surface area contributed by atoms with Crippen LogP contribution in [0.2, 0.25) is 0 Å². The normalized spacial score (nSPS) is 26.7. The zero-order valence-electron chi connectivity index (χ0n) is 55.9. The number of amides is 2. The molecule has 0 aliphatic carbocycles. The average Bonchev–Trinajstić information content (AvgIpc) is 0.832. The summed E-state index contributed by atoms with van der Waals surface area (Å²) in [7, 11) is -8.42. The number of phosphoric ester groups is 2. The number of methoxy groups -OCH3 is 1. The fraction of sp³-hybridized carbons (Fsp3) is 0.900. The van der Waals surface area contributed by atoms with Crippen molar-refractivity contribution in [1.29, 1.82) is 0 Å². The lowest BCUT2D eigenvalue weighted by Gasteiger charge is -2.40. The largest absolute Gasteiger partial charge is 0.469 e. The van der Waals surface area contributed by atoms with E-state index in [1.807, 2.05) is 6.92 Å². The highest BCUT2D eigenvalue weighted by Crippen LogP contribution is 2.38. The number of phosphoric acid groups is 2. The van der Waals surface area contributed by atoms with Crippen LogP contribution in [0.15, 0.2) is 0 Å². The maximum absolute atomic E-state index is 12.8. The number of unbranched alkanes of at least 4 members (excludes halogenated alkanes) is 6. The van der Waals surface area contributed by atoms with Crippen LogP contribution < -0.4 is 10.6 Å². The molecule has 3 saturated heterocycles. The third-order valence-electron chi connectivity index (χ3n) is 15.8. The van der Waals surface area contributed by atoms with E-state index in [2.05, 4.69) is 19.7 Å². The van der Waals surface area contributed by atoms with E-state index >= 15 is 0 Å². The Hall–Kier alpha value is -2.96. The highest BCUT2D eigenvalue weighted by Gasteiger charge is 2.47. The van der Waals surface area contributed by atoms with Gasteiger partial charge in [0, 0.05) is 96.6 Å². The first-order chi connectivity index (χ1) is 46.4. The van der Waals surface area contributed by atoms with Gasteiger partial charge in [-0.3, -0.25) is 37.8 Å². The molecule has 3 aliphatic rings. The molecule has 0 radical (unpaired) electrons. The molecular weight excluding hydrogens is 1350 g/mol. The molecule has 38 heteroatoms. The summed E-state index contributed by atoms with van der Waals surface area (Å²) in [5.41, 5.74) is -0.764. The first kappa shape index (κ1) is 89.3. The molecule has 0 aromatic rings. The zero-order valence-corrected chi connectivity index (χ0v) is 57.7. The van der Waals surface area contributed by atoms with Gasteiger partial charge in [0.25, 0.3) is 0 Å². The second kappa shape index (κ2) is 48.9. The Labute approximate surface area is 569 Å².